The smallest absolute Gasteiger partial charge is 0.261 e. The standard InChI is InChI=1S/C25H20N2O2S2/c1-16-8-3-4-11-19(16)22-23-26(15-17-9-7-10-18(14-17)29-2)24(28)20-12-5-6-13-21(20)27(23)25(30)31-22/h3-14H,15H2,1-2H3. The van der Waals surface area contributed by atoms with E-state index in [0.717, 1.165) is 42.4 Å². The van der Waals surface area contributed by atoms with Crippen molar-refractivity contribution in [2.45, 2.75) is 13.5 Å². The maximum absolute atomic E-state index is 13.7. The summed E-state index contributed by atoms with van der Waals surface area (Å²) in [7, 11) is 1.65. The molecule has 0 N–H and O–H groups in total. The molecule has 0 spiro atoms. The van der Waals surface area contributed by atoms with Crippen LogP contribution in [0.25, 0.3) is 27.0 Å². The first-order valence-electron chi connectivity index (χ1n) is 9.94. The number of rotatable bonds is 4. The number of para-hydroxylation sites is 1. The zero-order valence-corrected chi connectivity index (χ0v) is 18.8. The third-order valence-corrected chi connectivity index (χ3v) is 6.92. The van der Waals surface area contributed by atoms with Crippen LogP contribution in [0.4, 0.5) is 0 Å². The summed E-state index contributed by atoms with van der Waals surface area (Å²) in [6.45, 7) is 2.51. The van der Waals surface area contributed by atoms with E-state index >= 15 is 0 Å². The third kappa shape index (κ3) is 3.28. The van der Waals surface area contributed by atoms with Crippen LogP contribution in [-0.2, 0) is 6.54 Å². The molecule has 3 aromatic carbocycles. The minimum Gasteiger partial charge on any atom is -0.497 e. The summed E-state index contributed by atoms with van der Waals surface area (Å²) in [5, 5.41) is 0.656. The first-order chi connectivity index (χ1) is 15.1. The molecular formula is C25H20N2O2S2. The fourth-order valence-corrected chi connectivity index (χ4v) is 5.53. The number of hydrogen-bond donors (Lipinski definition) is 0. The van der Waals surface area contributed by atoms with Crippen LogP contribution in [0.5, 0.6) is 5.75 Å². The molecule has 6 heteroatoms. The van der Waals surface area contributed by atoms with Crippen molar-refractivity contribution in [3.8, 4) is 16.2 Å². The molecule has 0 bridgehead atoms. The van der Waals surface area contributed by atoms with Gasteiger partial charge in [0.2, 0.25) is 0 Å². The van der Waals surface area contributed by atoms with E-state index < -0.39 is 0 Å². The molecule has 0 aliphatic carbocycles. The van der Waals surface area contributed by atoms with Gasteiger partial charge in [0.25, 0.3) is 5.56 Å². The lowest BCUT2D eigenvalue weighted by Crippen LogP contribution is -2.23. The Morgan fingerprint density at radius 1 is 1.00 bits per heavy atom. The molecule has 0 saturated carbocycles. The van der Waals surface area contributed by atoms with Crippen LogP contribution in [0.15, 0.2) is 77.6 Å². The number of nitrogens with zero attached hydrogens (tertiary/aromatic N) is 2. The van der Waals surface area contributed by atoms with E-state index in [-0.39, 0.29) is 5.56 Å². The summed E-state index contributed by atoms with van der Waals surface area (Å²) in [6.07, 6.45) is 0. The quantitative estimate of drug-likeness (QED) is 0.315. The van der Waals surface area contributed by atoms with Crippen molar-refractivity contribution >= 4 is 40.1 Å². The van der Waals surface area contributed by atoms with Gasteiger partial charge < -0.3 is 4.74 Å². The summed E-state index contributed by atoms with van der Waals surface area (Å²) in [6, 6.07) is 23.7. The van der Waals surface area contributed by atoms with Crippen molar-refractivity contribution in [3.05, 3.63) is 98.2 Å². The Hall–Kier alpha value is -3.22. The van der Waals surface area contributed by atoms with Gasteiger partial charge in [-0.05, 0) is 60.1 Å². The maximum Gasteiger partial charge on any atom is 0.261 e. The Balaban J connectivity index is 1.90. The Kier molecular flexibility index (Phi) is 4.96. The Morgan fingerprint density at radius 3 is 2.58 bits per heavy atom. The predicted molar refractivity (Wildman–Crippen MR) is 130 cm³/mol. The maximum atomic E-state index is 13.7. The lowest BCUT2D eigenvalue weighted by Gasteiger charge is -2.14. The fraction of sp³-hybridized carbons (Fsp3) is 0.120. The van der Waals surface area contributed by atoms with Crippen molar-refractivity contribution < 1.29 is 4.74 Å². The minimum absolute atomic E-state index is 0.0268. The molecule has 5 aromatic rings. The average molecular weight is 445 g/mol. The van der Waals surface area contributed by atoms with Crippen molar-refractivity contribution in [2.24, 2.45) is 0 Å². The van der Waals surface area contributed by atoms with Crippen LogP contribution in [0.3, 0.4) is 0 Å². The summed E-state index contributed by atoms with van der Waals surface area (Å²) in [5.74, 6) is 0.767. The van der Waals surface area contributed by atoms with Gasteiger partial charge in [0.05, 0.1) is 29.4 Å². The van der Waals surface area contributed by atoms with Crippen LogP contribution in [0.2, 0.25) is 0 Å². The molecule has 0 saturated heterocycles. The highest BCUT2D eigenvalue weighted by atomic mass is 32.1. The number of aromatic nitrogens is 2. The van der Waals surface area contributed by atoms with Gasteiger partial charge in [0.1, 0.15) is 11.4 Å². The Bertz CT molecular complexity index is 1560. The van der Waals surface area contributed by atoms with Crippen LogP contribution in [-0.4, -0.2) is 16.1 Å². The molecule has 5 rings (SSSR count). The number of benzene rings is 3. The number of fused-ring (bicyclic) bond motifs is 3. The third-order valence-electron chi connectivity index (χ3n) is 5.53. The monoisotopic (exact) mass is 444 g/mol. The Labute approximate surface area is 188 Å². The topological polar surface area (TPSA) is 35.6 Å². The minimum atomic E-state index is -0.0268. The van der Waals surface area contributed by atoms with E-state index in [1.807, 2.05) is 69.6 Å². The zero-order chi connectivity index (χ0) is 21.5. The number of aryl methyl sites for hydroxylation is 1. The molecule has 2 aromatic heterocycles. The molecule has 0 aliphatic rings. The molecule has 0 aliphatic heterocycles. The van der Waals surface area contributed by atoms with E-state index in [2.05, 4.69) is 19.1 Å². The highest BCUT2D eigenvalue weighted by Crippen LogP contribution is 2.35. The molecule has 2 heterocycles. The van der Waals surface area contributed by atoms with E-state index in [9.17, 15) is 4.79 Å². The van der Waals surface area contributed by atoms with Crippen molar-refractivity contribution in [1.29, 1.82) is 0 Å². The van der Waals surface area contributed by atoms with Crippen molar-refractivity contribution in [1.82, 2.24) is 8.97 Å². The molecule has 4 nitrogen and oxygen atoms in total. The van der Waals surface area contributed by atoms with Crippen LogP contribution < -0.4 is 10.3 Å². The number of methoxy groups -OCH3 is 1. The first-order valence-corrected chi connectivity index (χ1v) is 11.2. The Morgan fingerprint density at radius 2 is 1.77 bits per heavy atom. The highest BCUT2D eigenvalue weighted by molar-refractivity contribution is 7.73. The predicted octanol–water partition coefficient (Wildman–Crippen LogP) is 6.08. The largest absolute Gasteiger partial charge is 0.497 e. The summed E-state index contributed by atoms with van der Waals surface area (Å²) >= 11 is 7.34. The molecule has 0 amide bonds. The second kappa shape index (κ2) is 7.80. The van der Waals surface area contributed by atoms with Gasteiger partial charge in [-0.1, -0.05) is 48.5 Å². The molecule has 0 fully saturated rings. The summed E-state index contributed by atoms with van der Waals surface area (Å²) < 4.78 is 9.99. The van der Waals surface area contributed by atoms with Crippen molar-refractivity contribution in [3.63, 3.8) is 0 Å². The lowest BCUT2D eigenvalue weighted by atomic mass is 10.1. The van der Waals surface area contributed by atoms with Gasteiger partial charge in [-0.3, -0.25) is 13.8 Å². The summed E-state index contributed by atoms with van der Waals surface area (Å²) in [4.78, 5) is 14.7. The average Bonchev–Trinajstić information content (AvgIpc) is 3.14. The van der Waals surface area contributed by atoms with Gasteiger partial charge in [-0.25, -0.2) is 0 Å². The fourth-order valence-electron chi connectivity index (χ4n) is 4.02. The van der Waals surface area contributed by atoms with Crippen LogP contribution in [0.1, 0.15) is 11.1 Å². The number of hydrogen-bond acceptors (Lipinski definition) is 4. The second-order valence-electron chi connectivity index (χ2n) is 7.43. The van der Waals surface area contributed by atoms with Gasteiger partial charge in [0, 0.05) is 0 Å². The van der Waals surface area contributed by atoms with Crippen molar-refractivity contribution in [2.75, 3.05) is 7.11 Å². The molecule has 154 valence electrons. The van der Waals surface area contributed by atoms with E-state index in [1.165, 1.54) is 0 Å². The van der Waals surface area contributed by atoms with E-state index in [1.54, 1.807) is 18.4 Å². The molecule has 0 atom stereocenters. The molecule has 0 unspecified atom stereocenters. The van der Waals surface area contributed by atoms with Crippen LogP contribution >= 0.6 is 23.6 Å². The second-order valence-corrected chi connectivity index (χ2v) is 9.08. The van der Waals surface area contributed by atoms with Gasteiger partial charge in [-0.15, -0.1) is 11.3 Å². The zero-order valence-electron chi connectivity index (χ0n) is 17.2. The molecule has 31 heavy (non-hydrogen) atoms. The van der Waals surface area contributed by atoms with E-state index in [0.29, 0.717) is 11.9 Å². The highest BCUT2D eigenvalue weighted by Gasteiger charge is 2.19. The normalized spacial score (nSPS) is 11.3. The SMILES string of the molecule is COc1cccc(Cn2c(=O)c3ccccc3n3c(=S)sc(-c4ccccc4C)c23)c1. The summed E-state index contributed by atoms with van der Waals surface area (Å²) in [5.41, 5.74) is 4.87. The molecular weight excluding hydrogens is 424 g/mol. The van der Waals surface area contributed by atoms with Gasteiger partial charge in [0.15, 0.2) is 3.95 Å². The first kappa shape index (κ1) is 19.7. The van der Waals surface area contributed by atoms with Crippen LogP contribution in [0, 0.1) is 10.9 Å². The van der Waals surface area contributed by atoms with Gasteiger partial charge in [-0.2, -0.15) is 0 Å². The lowest BCUT2D eigenvalue weighted by molar-refractivity contribution is 0.414. The number of ether oxygens (including phenoxy) is 1. The number of thiazole rings is 1. The molecule has 0 radical (unpaired) electrons. The van der Waals surface area contributed by atoms with Gasteiger partial charge >= 0.3 is 0 Å². The van der Waals surface area contributed by atoms with E-state index in [4.69, 9.17) is 17.0 Å².